The Morgan fingerprint density at radius 1 is 1.57 bits per heavy atom. The number of rotatable bonds is 5. The van der Waals surface area contributed by atoms with Crippen LogP contribution in [0.3, 0.4) is 0 Å². The van der Waals surface area contributed by atoms with Crippen LogP contribution in [0.15, 0.2) is 24.4 Å². The first kappa shape index (κ1) is 10.6. The molecule has 0 aromatic carbocycles. The molecule has 5 nitrogen and oxygen atoms in total. The average Bonchev–Trinajstić information content (AvgIpc) is 2.20. The van der Waals surface area contributed by atoms with Crippen molar-refractivity contribution in [2.24, 2.45) is 0 Å². The van der Waals surface area contributed by atoms with Crippen LogP contribution in [0.25, 0.3) is 0 Å². The van der Waals surface area contributed by atoms with Gasteiger partial charge in [-0.25, -0.2) is 4.98 Å². The van der Waals surface area contributed by atoms with Gasteiger partial charge in [-0.15, -0.1) is 0 Å². The van der Waals surface area contributed by atoms with Crippen LogP contribution in [0.5, 0.6) is 0 Å². The summed E-state index contributed by atoms with van der Waals surface area (Å²) >= 11 is 0. The molecule has 0 aliphatic rings. The predicted molar refractivity (Wildman–Crippen MR) is 50.8 cm³/mol. The lowest BCUT2D eigenvalue weighted by molar-refractivity contribution is -0.120. The smallest absolute Gasteiger partial charge is 0.251 e. The van der Waals surface area contributed by atoms with Crippen molar-refractivity contribution in [1.82, 2.24) is 4.98 Å². The van der Waals surface area contributed by atoms with E-state index in [4.69, 9.17) is 9.84 Å². The molecular weight excluding hydrogens is 184 g/mol. The zero-order valence-corrected chi connectivity index (χ0v) is 7.64. The number of nitrogens with zero attached hydrogens (tertiary/aromatic N) is 1. The summed E-state index contributed by atoms with van der Waals surface area (Å²) < 4.78 is 4.83. The Balaban J connectivity index is 2.27. The van der Waals surface area contributed by atoms with E-state index in [-0.39, 0.29) is 25.7 Å². The summed E-state index contributed by atoms with van der Waals surface area (Å²) in [5, 5.41) is 10.9. The minimum absolute atomic E-state index is 0.0723. The number of anilines is 1. The van der Waals surface area contributed by atoms with E-state index in [0.717, 1.165) is 0 Å². The standard InChI is InChI=1S/C9H12N2O3/c12-5-6-14-7-9(13)11-8-3-1-2-4-10-8/h1-4,12H,5-7H2,(H,10,11,13). The van der Waals surface area contributed by atoms with Gasteiger partial charge in [-0.1, -0.05) is 6.07 Å². The number of ether oxygens (including phenoxy) is 1. The van der Waals surface area contributed by atoms with E-state index in [2.05, 4.69) is 10.3 Å². The maximum Gasteiger partial charge on any atom is 0.251 e. The number of aliphatic hydroxyl groups excluding tert-OH is 1. The quantitative estimate of drug-likeness (QED) is 0.652. The van der Waals surface area contributed by atoms with Crippen LogP contribution in [-0.4, -0.2) is 35.8 Å². The molecular formula is C9H12N2O3. The highest BCUT2D eigenvalue weighted by Gasteiger charge is 2.01. The minimum Gasteiger partial charge on any atom is -0.394 e. The third-order valence-electron chi connectivity index (χ3n) is 1.40. The molecule has 5 heteroatoms. The van der Waals surface area contributed by atoms with Crippen molar-refractivity contribution in [2.45, 2.75) is 0 Å². The van der Waals surface area contributed by atoms with Gasteiger partial charge in [-0.2, -0.15) is 0 Å². The van der Waals surface area contributed by atoms with Gasteiger partial charge in [0.05, 0.1) is 13.2 Å². The van der Waals surface area contributed by atoms with E-state index >= 15 is 0 Å². The van der Waals surface area contributed by atoms with Gasteiger partial charge in [0.1, 0.15) is 12.4 Å². The molecule has 14 heavy (non-hydrogen) atoms. The molecule has 1 aromatic heterocycles. The molecule has 0 aliphatic heterocycles. The SMILES string of the molecule is O=C(COCCO)Nc1ccccn1. The molecule has 0 saturated carbocycles. The first-order valence-electron chi connectivity index (χ1n) is 4.22. The number of amides is 1. The normalized spacial score (nSPS) is 9.79. The third-order valence-corrected chi connectivity index (χ3v) is 1.40. The number of hydrogen-bond donors (Lipinski definition) is 2. The molecule has 1 heterocycles. The highest BCUT2D eigenvalue weighted by Crippen LogP contribution is 1.98. The topological polar surface area (TPSA) is 71.5 Å². The highest BCUT2D eigenvalue weighted by molar-refractivity contribution is 5.90. The van der Waals surface area contributed by atoms with E-state index < -0.39 is 0 Å². The van der Waals surface area contributed by atoms with Crippen molar-refractivity contribution in [2.75, 3.05) is 25.1 Å². The van der Waals surface area contributed by atoms with Crippen molar-refractivity contribution in [1.29, 1.82) is 0 Å². The fourth-order valence-electron chi connectivity index (χ4n) is 0.845. The second kappa shape index (κ2) is 6.06. The fourth-order valence-corrected chi connectivity index (χ4v) is 0.845. The lowest BCUT2D eigenvalue weighted by Crippen LogP contribution is -2.19. The van der Waals surface area contributed by atoms with Gasteiger partial charge in [0, 0.05) is 6.20 Å². The zero-order valence-electron chi connectivity index (χ0n) is 7.64. The van der Waals surface area contributed by atoms with Crippen molar-refractivity contribution >= 4 is 11.7 Å². The van der Waals surface area contributed by atoms with Gasteiger partial charge >= 0.3 is 0 Å². The second-order valence-electron chi connectivity index (χ2n) is 2.54. The molecule has 0 saturated heterocycles. The summed E-state index contributed by atoms with van der Waals surface area (Å²) in [4.78, 5) is 15.0. The molecule has 0 bridgehead atoms. The van der Waals surface area contributed by atoms with Crippen molar-refractivity contribution < 1.29 is 14.6 Å². The number of hydrogen-bond acceptors (Lipinski definition) is 4. The number of aromatic nitrogens is 1. The Bertz CT molecular complexity index is 277. The highest BCUT2D eigenvalue weighted by atomic mass is 16.5. The third kappa shape index (κ3) is 3.97. The summed E-state index contributed by atoms with van der Waals surface area (Å²) in [5.41, 5.74) is 0. The zero-order chi connectivity index (χ0) is 10.2. The maximum atomic E-state index is 11.1. The van der Waals surface area contributed by atoms with E-state index in [1.54, 1.807) is 24.4 Å². The van der Waals surface area contributed by atoms with Gasteiger partial charge in [0.2, 0.25) is 0 Å². The van der Waals surface area contributed by atoms with Gasteiger partial charge in [0.25, 0.3) is 5.91 Å². The first-order valence-corrected chi connectivity index (χ1v) is 4.22. The molecule has 0 aliphatic carbocycles. The molecule has 1 rings (SSSR count). The van der Waals surface area contributed by atoms with E-state index in [9.17, 15) is 4.79 Å². The van der Waals surface area contributed by atoms with Crippen LogP contribution in [0.2, 0.25) is 0 Å². The van der Waals surface area contributed by atoms with E-state index in [0.29, 0.717) is 5.82 Å². The second-order valence-corrected chi connectivity index (χ2v) is 2.54. The van der Waals surface area contributed by atoms with Crippen LogP contribution in [-0.2, 0) is 9.53 Å². The summed E-state index contributed by atoms with van der Waals surface area (Å²) in [7, 11) is 0. The van der Waals surface area contributed by atoms with Crippen LogP contribution < -0.4 is 5.32 Å². The first-order chi connectivity index (χ1) is 6.83. The van der Waals surface area contributed by atoms with E-state index in [1.165, 1.54) is 0 Å². The molecule has 76 valence electrons. The number of aliphatic hydroxyl groups is 1. The van der Waals surface area contributed by atoms with Gasteiger partial charge in [0.15, 0.2) is 0 Å². The Hall–Kier alpha value is -1.46. The number of carbonyl (C=O) groups is 1. The fraction of sp³-hybridized carbons (Fsp3) is 0.333. The largest absolute Gasteiger partial charge is 0.394 e. The van der Waals surface area contributed by atoms with Gasteiger partial charge in [-0.05, 0) is 12.1 Å². The van der Waals surface area contributed by atoms with Crippen LogP contribution in [0, 0.1) is 0 Å². The van der Waals surface area contributed by atoms with Gasteiger partial charge in [-0.3, -0.25) is 4.79 Å². The molecule has 0 unspecified atom stereocenters. The molecule has 1 aromatic rings. The van der Waals surface area contributed by atoms with Crippen LogP contribution in [0.1, 0.15) is 0 Å². The summed E-state index contributed by atoms with van der Waals surface area (Å²) in [5.74, 6) is 0.210. The Kier molecular flexibility index (Phi) is 4.60. The summed E-state index contributed by atoms with van der Waals surface area (Å²) in [6, 6.07) is 5.22. The Morgan fingerprint density at radius 3 is 3.07 bits per heavy atom. The maximum absolute atomic E-state index is 11.1. The van der Waals surface area contributed by atoms with Crippen molar-refractivity contribution in [3.63, 3.8) is 0 Å². The monoisotopic (exact) mass is 196 g/mol. The molecule has 0 atom stereocenters. The average molecular weight is 196 g/mol. The Labute approximate surface area is 81.7 Å². The van der Waals surface area contributed by atoms with E-state index in [1.807, 2.05) is 0 Å². The van der Waals surface area contributed by atoms with Crippen LogP contribution >= 0.6 is 0 Å². The lowest BCUT2D eigenvalue weighted by Gasteiger charge is -2.03. The predicted octanol–water partition coefficient (Wildman–Crippen LogP) is 0.0290. The van der Waals surface area contributed by atoms with Crippen LogP contribution in [0.4, 0.5) is 5.82 Å². The van der Waals surface area contributed by atoms with Crippen molar-refractivity contribution in [3.05, 3.63) is 24.4 Å². The Morgan fingerprint density at radius 2 is 2.43 bits per heavy atom. The number of nitrogens with one attached hydrogen (secondary N) is 1. The molecule has 2 N–H and O–H groups in total. The summed E-state index contributed by atoms with van der Waals surface area (Å²) in [6.45, 7) is 0.00361. The molecule has 0 fully saturated rings. The summed E-state index contributed by atoms with van der Waals surface area (Å²) in [6.07, 6.45) is 1.59. The molecule has 0 spiro atoms. The lowest BCUT2D eigenvalue weighted by atomic mass is 10.4. The molecule has 0 radical (unpaired) electrons. The number of carbonyl (C=O) groups excluding carboxylic acids is 1. The van der Waals surface area contributed by atoms with Crippen molar-refractivity contribution in [3.8, 4) is 0 Å². The molecule has 1 amide bonds. The minimum atomic E-state index is -0.280. The number of pyridine rings is 1. The van der Waals surface area contributed by atoms with Gasteiger partial charge < -0.3 is 15.2 Å².